The Kier molecular flexibility index (Phi) is 4.03. The van der Waals surface area contributed by atoms with Crippen molar-refractivity contribution in [3.05, 3.63) is 52.6 Å². The molecule has 1 aliphatic rings. The molecule has 0 spiro atoms. The van der Waals surface area contributed by atoms with Gasteiger partial charge in [0.15, 0.2) is 5.78 Å². The lowest BCUT2D eigenvalue weighted by Gasteiger charge is -2.24. The molecule has 1 fully saturated rings. The molecular weight excluding hydrogens is 290 g/mol. The van der Waals surface area contributed by atoms with E-state index in [1.165, 1.54) is 6.92 Å². The summed E-state index contributed by atoms with van der Waals surface area (Å²) in [5.41, 5.74) is 3.57. The first-order chi connectivity index (χ1) is 11.0. The van der Waals surface area contributed by atoms with E-state index in [9.17, 15) is 9.59 Å². The Morgan fingerprint density at radius 2 is 2.09 bits per heavy atom. The topological polar surface area (TPSA) is 66.1 Å². The molecule has 2 aromatic heterocycles. The molecule has 1 N–H and O–H groups in total. The minimum Gasteiger partial charge on any atom is -0.354 e. The zero-order chi connectivity index (χ0) is 16.6. The van der Waals surface area contributed by atoms with E-state index in [-0.39, 0.29) is 17.7 Å². The smallest absolute Gasteiger partial charge is 0.271 e. The van der Waals surface area contributed by atoms with Gasteiger partial charge in [-0.3, -0.25) is 14.6 Å². The number of hydrogen-bond acceptors (Lipinski definition) is 3. The number of carbonyl (C=O) groups is 2. The molecule has 5 nitrogen and oxygen atoms in total. The number of aryl methyl sites for hydroxylation is 1. The second-order valence-electron chi connectivity index (χ2n) is 6.09. The summed E-state index contributed by atoms with van der Waals surface area (Å²) in [6.45, 7) is 5.91. The Bertz CT molecular complexity index is 749. The Hall–Kier alpha value is -2.43. The lowest BCUT2D eigenvalue weighted by molar-refractivity contribution is 0.0726. The van der Waals surface area contributed by atoms with E-state index in [0.29, 0.717) is 17.8 Å². The first-order valence-electron chi connectivity index (χ1n) is 7.92. The summed E-state index contributed by atoms with van der Waals surface area (Å²) < 4.78 is 0. The average Bonchev–Trinajstić information content (AvgIpc) is 3.12. The van der Waals surface area contributed by atoms with Crippen molar-refractivity contribution in [1.29, 1.82) is 0 Å². The molecule has 5 heteroatoms. The van der Waals surface area contributed by atoms with Crippen LogP contribution in [0.25, 0.3) is 0 Å². The zero-order valence-electron chi connectivity index (χ0n) is 13.7. The summed E-state index contributed by atoms with van der Waals surface area (Å²) in [7, 11) is 0. The van der Waals surface area contributed by atoms with Gasteiger partial charge in [0.05, 0.1) is 11.7 Å². The predicted molar refractivity (Wildman–Crippen MR) is 87.5 cm³/mol. The molecule has 120 valence electrons. The highest BCUT2D eigenvalue weighted by molar-refractivity contribution is 6.02. The number of likely N-dealkylation sites (tertiary alicyclic amines) is 1. The van der Waals surface area contributed by atoms with E-state index in [2.05, 4.69) is 9.97 Å². The van der Waals surface area contributed by atoms with E-state index < -0.39 is 0 Å². The Labute approximate surface area is 135 Å². The fraction of sp³-hybridized carbons (Fsp3) is 0.389. The van der Waals surface area contributed by atoms with Crippen LogP contribution in [0.4, 0.5) is 0 Å². The number of rotatable bonds is 3. The highest BCUT2D eigenvalue weighted by Gasteiger charge is 2.33. The van der Waals surface area contributed by atoms with Crippen molar-refractivity contribution in [3.63, 3.8) is 0 Å². The molecule has 1 atom stereocenters. The van der Waals surface area contributed by atoms with Gasteiger partial charge in [-0.1, -0.05) is 6.07 Å². The number of nitrogens with one attached hydrogen (secondary N) is 1. The lowest BCUT2D eigenvalue weighted by atomic mass is 10.1. The van der Waals surface area contributed by atoms with Crippen LogP contribution in [-0.2, 0) is 0 Å². The lowest BCUT2D eigenvalue weighted by Crippen LogP contribution is -2.31. The van der Waals surface area contributed by atoms with Crippen LogP contribution in [0.15, 0.2) is 24.4 Å². The van der Waals surface area contributed by atoms with Crippen molar-refractivity contribution >= 4 is 11.7 Å². The number of ketones is 1. The molecule has 0 bridgehead atoms. The van der Waals surface area contributed by atoms with Crippen molar-refractivity contribution in [2.75, 3.05) is 6.54 Å². The van der Waals surface area contributed by atoms with E-state index in [4.69, 9.17) is 0 Å². The van der Waals surface area contributed by atoms with Crippen LogP contribution >= 0.6 is 0 Å². The third-order valence-electron chi connectivity index (χ3n) is 4.55. The molecule has 1 amide bonds. The molecule has 0 aliphatic carbocycles. The van der Waals surface area contributed by atoms with Crippen LogP contribution in [0.1, 0.15) is 63.6 Å². The number of pyridine rings is 1. The third kappa shape index (κ3) is 2.67. The van der Waals surface area contributed by atoms with Gasteiger partial charge >= 0.3 is 0 Å². The number of hydrogen-bond donors (Lipinski definition) is 1. The molecule has 23 heavy (non-hydrogen) atoms. The first-order valence-corrected chi connectivity index (χ1v) is 7.92. The van der Waals surface area contributed by atoms with Crippen molar-refractivity contribution in [2.45, 2.75) is 39.7 Å². The fourth-order valence-corrected chi connectivity index (χ4v) is 3.53. The molecule has 0 aromatic carbocycles. The van der Waals surface area contributed by atoms with E-state index in [0.717, 1.165) is 29.8 Å². The van der Waals surface area contributed by atoms with Gasteiger partial charge in [-0.15, -0.1) is 0 Å². The minimum absolute atomic E-state index is 0.00693. The van der Waals surface area contributed by atoms with Crippen molar-refractivity contribution < 1.29 is 9.59 Å². The maximum atomic E-state index is 13.0. The summed E-state index contributed by atoms with van der Waals surface area (Å²) >= 11 is 0. The number of Topliss-reactive ketones (excluding diaryl/α,β-unsaturated/α-hetero) is 1. The van der Waals surface area contributed by atoms with Crippen molar-refractivity contribution in [2.24, 2.45) is 0 Å². The molecule has 3 heterocycles. The monoisotopic (exact) mass is 311 g/mol. The third-order valence-corrected chi connectivity index (χ3v) is 4.55. The summed E-state index contributed by atoms with van der Waals surface area (Å²) in [5.74, 6) is -0.0655. The molecule has 0 radical (unpaired) electrons. The standard InChI is InChI=1S/C18H21N3O2/c1-11-16(13(3)22)12(2)20-17(11)18(23)21-10-6-8-15(21)14-7-4-5-9-19-14/h4-5,7,9,15,20H,6,8,10H2,1-3H3/t15-/m1/s1. The van der Waals surface area contributed by atoms with Crippen LogP contribution in [0.5, 0.6) is 0 Å². The normalized spacial score (nSPS) is 17.5. The van der Waals surface area contributed by atoms with E-state index in [1.807, 2.05) is 36.9 Å². The number of aromatic nitrogens is 2. The number of aromatic amines is 1. The van der Waals surface area contributed by atoms with Crippen LogP contribution in [0.3, 0.4) is 0 Å². The van der Waals surface area contributed by atoms with Gasteiger partial charge in [0.2, 0.25) is 0 Å². The molecule has 0 unspecified atom stereocenters. The number of carbonyl (C=O) groups excluding carboxylic acids is 2. The largest absolute Gasteiger partial charge is 0.354 e. The number of nitrogens with zero attached hydrogens (tertiary/aromatic N) is 2. The fourth-order valence-electron chi connectivity index (χ4n) is 3.53. The maximum Gasteiger partial charge on any atom is 0.271 e. The summed E-state index contributed by atoms with van der Waals surface area (Å²) in [4.78, 5) is 34.1. The van der Waals surface area contributed by atoms with Gasteiger partial charge in [-0.25, -0.2) is 0 Å². The molecule has 2 aromatic rings. The predicted octanol–water partition coefficient (Wildman–Crippen LogP) is 3.21. The van der Waals surface area contributed by atoms with Gasteiger partial charge < -0.3 is 9.88 Å². The van der Waals surface area contributed by atoms with Gasteiger partial charge in [-0.05, 0) is 51.3 Å². The Balaban J connectivity index is 1.94. The van der Waals surface area contributed by atoms with E-state index >= 15 is 0 Å². The highest BCUT2D eigenvalue weighted by atomic mass is 16.2. The van der Waals surface area contributed by atoms with Crippen molar-refractivity contribution in [1.82, 2.24) is 14.9 Å². The quantitative estimate of drug-likeness (QED) is 0.885. The summed E-state index contributed by atoms with van der Waals surface area (Å²) in [6.07, 6.45) is 3.64. The molecule has 3 rings (SSSR count). The zero-order valence-corrected chi connectivity index (χ0v) is 13.7. The summed E-state index contributed by atoms with van der Waals surface area (Å²) in [5, 5.41) is 0. The van der Waals surface area contributed by atoms with Crippen LogP contribution < -0.4 is 0 Å². The van der Waals surface area contributed by atoms with E-state index in [1.54, 1.807) is 6.20 Å². The van der Waals surface area contributed by atoms with Crippen LogP contribution in [0.2, 0.25) is 0 Å². The second kappa shape index (κ2) is 5.99. The van der Waals surface area contributed by atoms with Crippen molar-refractivity contribution in [3.8, 4) is 0 Å². The van der Waals surface area contributed by atoms with Gasteiger partial charge in [0, 0.05) is 24.0 Å². The van der Waals surface area contributed by atoms with Crippen LogP contribution in [0, 0.1) is 13.8 Å². The number of amides is 1. The molecule has 1 saturated heterocycles. The maximum absolute atomic E-state index is 13.0. The minimum atomic E-state index is -0.0498. The van der Waals surface area contributed by atoms with Gasteiger partial charge in [-0.2, -0.15) is 0 Å². The second-order valence-corrected chi connectivity index (χ2v) is 6.09. The SMILES string of the molecule is CC(=O)c1c(C)[nH]c(C(=O)N2CCC[C@@H]2c2ccccn2)c1C. The molecule has 1 aliphatic heterocycles. The van der Waals surface area contributed by atoms with Gasteiger partial charge in [0.25, 0.3) is 5.91 Å². The van der Waals surface area contributed by atoms with Crippen LogP contribution in [-0.4, -0.2) is 33.1 Å². The molecule has 0 saturated carbocycles. The van der Waals surface area contributed by atoms with Gasteiger partial charge in [0.1, 0.15) is 5.69 Å². The first kappa shape index (κ1) is 15.5. The Morgan fingerprint density at radius 3 is 2.70 bits per heavy atom. The Morgan fingerprint density at radius 1 is 1.30 bits per heavy atom. The average molecular weight is 311 g/mol. The number of H-pyrrole nitrogens is 1. The summed E-state index contributed by atoms with van der Waals surface area (Å²) in [6, 6.07) is 5.79. The molecular formula is C18H21N3O2. The highest BCUT2D eigenvalue weighted by Crippen LogP contribution is 2.32.